The lowest BCUT2D eigenvalue weighted by Gasteiger charge is -2.13. The molecular formula is C17H19NO3S. The Bertz CT molecular complexity index is 658. The summed E-state index contributed by atoms with van der Waals surface area (Å²) in [5.74, 6) is 2.10. The van der Waals surface area contributed by atoms with Gasteiger partial charge in [-0.2, -0.15) is 0 Å². The molecule has 2 N–H and O–H groups in total. The van der Waals surface area contributed by atoms with Gasteiger partial charge in [0.15, 0.2) is 11.5 Å². The molecule has 0 unspecified atom stereocenters. The van der Waals surface area contributed by atoms with Crippen LogP contribution < -0.4 is 19.9 Å². The highest BCUT2D eigenvalue weighted by molar-refractivity contribution is 7.80. The van der Waals surface area contributed by atoms with Crippen LogP contribution in [0.15, 0.2) is 42.5 Å². The van der Waals surface area contributed by atoms with E-state index in [-0.39, 0.29) is 0 Å². The van der Waals surface area contributed by atoms with E-state index in [1.807, 2.05) is 37.3 Å². The maximum Gasteiger partial charge on any atom is 0.161 e. The Balaban J connectivity index is 1.92. The maximum absolute atomic E-state index is 5.69. The van der Waals surface area contributed by atoms with Gasteiger partial charge in [0.05, 0.1) is 7.11 Å². The van der Waals surface area contributed by atoms with Crippen LogP contribution >= 0.6 is 12.2 Å². The average molecular weight is 317 g/mol. The Morgan fingerprint density at radius 1 is 1.00 bits per heavy atom. The zero-order chi connectivity index (χ0) is 15.9. The minimum Gasteiger partial charge on any atom is -0.493 e. The first-order chi connectivity index (χ1) is 10.6. The highest BCUT2D eigenvalue weighted by Crippen LogP contribution is 2.28. The van der Waals surface area contributed by atoms with Gasteiger partial charge in [0, 0.05) is 5.56 Å². The lowest BCUT2D eigenvalue weighted by Crippen LogP contribution is -2.12. The first-order valence-electron chi connectivity index (χ1n) is 6.91. The van der Waals surface area contributed by atoms with Gasteiger partial charge in [-0.3, -0.25) is 0 Å². The zero-order valence-corrected chi connectivity index (χ0v) is 13.5. The van der Waals surface area contributed by atoms with E-state index < -0.39 is 0 Å². The van der Waals surface area contributed by atoms with Crippen LogP contribution in [0.3, 0.4) is 0 Å². The highest BCUT2D eigenvalue weighted by atomic mass is 32.1. The van der Waals surface area contributed by atoms with E-state index in [1.165, 1.54) is 0 Å². The Hall–Kier alpha value is -2.27. The smallest absolute Gasteiger partial charge is 0.161 e. The van der Waals surface area contributed by atoms with E-state index in [0.717, 1.165) is 16.9 Å². The fourth-order valence-corrected chi connectivity index (χ4v) is 2.09. The second kappa shape index (κ2) is 7.66. The summed E-state index contributed by atoms with van der Waals surface area (Å²) in [7, 11) is 1.58. The minimum absolute atomic E-state index is 0.327. The van der Waals surface area contributed by atoms with E-state index in [0.29, 0.717) is 29.7 Å². The first-order valence-corrected chi connectivity index (χ1v) is 7.31. The summed E-state index contributed by atoms with van der Waals surface area (Å²) in [4.78, 5) is 0.327. The number of aryl methyl sites for hydroxylation is 1. The molecule has 4 nitrogen and oxygen atoms in total. The molecule has 0 aromatic heterocycles. The van der Waals surface area contributed by atoms with Crippen LogP contribution in [-0.4, -0.2) is 25.3 Å². The molecule has 0 saturated carbocycles. The lowest BCUT2D eigenvalue weighted by molar-refractivity contribution is 0.210. The fraction of sp³-hybridized carbons (Fsp3) is 0.235. The standard InChI is InChI=1S/C17H19NO3S/c1-12-5-3-4-6-14(12)20-9-10-21-15-8-7-13(17(18)22)11-16(15)19-2/h3-8,11H,9-10H2,1-2H3,(H2,18,22). The monoisotopic (exact) mass is 317 g/mol. The molecule has 0 atom stereocenters. The summed E-state index contributed by atoms with van der Waals surface area (Å²) in [5.41, 5.74) is 7.45. The van der Waals surface area contributed by atoms with Crippen LogP contribution in [0.4, 0.5) is 0 Å². The number of thiocarbonyl (C=S) groups is 1. The maximum atomic E-state index is 5.69. The molecule has 0 aliphatic carbocycles. The predicted molar refractivity (Wildman–Crippen MR) is 91.1 cm³/mol. The van der Waals surface area contributed by atoms with E-state index in [4.69, 9.17) is 32.2 Å². The summed E-state index contributed by atoms with van der Waals surface area (Å²) in [6.45, 7) is 2.87. The Morgan fingerprint density at radius 2 is 1.68 bits per heavy atom. The summed E-state index contributed by atoms with van der Waals surface area (Å²) in [6, 6.07) is 13.2. The minimum atomic E-state index is 0.327. The number of rotatable bonds is 7. The van der Waals surface area contributed by atoms with Gasteiger partial charge in [-0.1, -0.05) is 30.4 Å². The molecule has 2 rings (SSSR count). The quantitative estimate of drug-likeness (QED) is 0.628. The molecule has 22 heavy (non-hydrogen) atoms. The second-order valence-electron chi connectivity index (χ2n) is 4.69. The van der Waals surface area contributed by atoms with Crippen LogP contribution in [0.2, 0.25) is 0 Å². The van der Waals surface area contributed by atoms with Gasteiger partial charge < -0.3 is 19.9 Å². The number of ether oxygens (including phenoxy) is 3. The highest BCUT2D eigenvalue weighted by Gasteiger charge is 2.07. The van der Waals surface area contributed by atoms with Gasteiger partial charge in [0.1, 0.15) is 24.0 Å². The van der Waals surface area contributed by atoms with Gasteiger partial charge in [-0.15, -0.1) is 0 Å². The third-order valence-corrected chi connectivity index (χ3v) is 3.38. The summed E-state index contributed by atoms with van der Waals surface area (Å²) >= 11 is 4.95. The normalized spacial score (nSPS) is 10.1. The predicted octanol–water partition coefficient (Wildman–Crippen LogP) is 3.10. The fourth-order valence-electron chi connectivity index (χ4n) is 1.96. The molecule has 0 aliphatic rings. The number of para-hydroxylation sites is 1. The van der Waals surface area contributed by atoms with Crippen molar-refractivity contribution >= 4 is 17.2 Å². The average Bonchev–Trinajstić information content (AvgIpc) is 2.53. The van der Waals surface area contributed by atoms with Gasteiger partial charge >= 0.3 is 0 Å². The van der Waals surface area contributed by atoms with Crippen molar-refractivity contribution in [1.82, 2.24) is 0 Å². The molecule has 0 amide bonds. The van der Waals surface area contributed by atoms with Crippen LogP contribution in [0.25, 0.3) is 0 Å². The summed E-state index contributed by atoms with van der Waals surface area (Å²) < 4.78 is 16.7. The number of nitrogens with two attached hydrogens (primary N) is 1. The first kappa shape index (κ1) is 16.1. The van der Waals surface area contributed by atoms with Crippen molar-refractivity contribution in [3.8, 4) is 17.2 Å². The SMILES string of the molecule is COc1cc(C(N)=S)ccc1OCCOc1ccccc1C. The Kier molecular flexibility index (Phi) is 5.61. The topological polar surface area (TPSA) is 53.7 Å². The Labute approximate surface area is 135 Å². The third kappa shape index (κ3) is 4.11. The van der Waals surface area contributed by atoms with Gasteiger partial charge in [0.2, 0.25) is 0 Å². The van der Waals surface area contributed by atoms with Gasteiger partial charge in [0.25, 0.3) is 0 Å². The molecule has 0 radical (unpaired) electrons. The molecule has 2 aromatic carbocycles. The lowest BCUT2D eigenvalue weighted by atomic mass is 10.2. The molecule has 116 valence electrons. The number of methoxy groups -OCH3 is 1. The zero-order valence-electron chi connectivity index (χ0n) is 12.7. The number of hydrogen-bond acceptors (Lipinski definition) is 4. The van der Waals surface area contributed by atoms with Crippen molar-refractivity contribution in [2.75, 3.05) is 20.3 Å². The van der Waals surface area contributed by atoms with Crippen LogP contribution in [-0.2, 0) is 0 Å². The van der Waals surface area contributed by atoms with Crippen molar-refractivity contribution in [3.05, 3.63) is 53.6 Å². The van der Waals surface area contributed by atoms with Crippen LogP contribution in [0, 0.1) is 6.92 Å². The molecule has 0 spiro atoms. The molecular weight excluding hydrogens is 298 g/mol. The van der Waals surface area contributed by atoms with Gasteiger partial charge in [-0.25, -0.2) is 0 Å². The van der Waals surface area contributed by atoms with E-state index in [1.54, 1.807) is 19.2 Å². The molecule has 2 aromatic rings. The van der Waals surface area contributed by atoms with Crippen LogP contribution in [0.1, 0.15) is 11.1 Å². The largest absolute Gasteiger partial charge is 0.493 e. The Morgan fingerprint density at radius 3 is 2.32 bits per heavy atom. The number of benzene rings is 2. The van der Waals surface area contributed by atoms with Crippen molar-refractivity contribution in [2.24, 2.45) is 5.73 Å². The van der Waals surface area contributed by atoms with Crippen molar-refractivity contribution in [3.63, 3.8) is 0 Å². The number of hydrogen-bond donors (Lipinski definition) is 1. The molecule has 0 bridgehead atoms. The summed E-state index contributed by atoms with van der Waals surface area (Å²) in [5, 5.41) is 0. The van der Waals surface area contributed by atoms with Gasteiger partial charge in [-0.05, 0) is 36.8 Å². The molecule has 0 saturated heterocycles. The van der Waals surface area contributed by atoms with E-state index in [2.05, 4.69) is 0 Å². The van der Waals surface area contributed by atoms with Crippen molar-refractivity contribution in [2.45, 2.75) is 6.92 Å². The molecule has 5 heteroatoms. The van der Waals surface area contributed by atoms with Crippen molar-refractivity contribution < 1.29 is 14.2 Å². The van der Waals surface area contributed by atoms with E-state index >= 15 is 0 Å². The molecule has 0 aliphatic heterocycles. The van der Waals surface area contributed by atoms with E-state index in [9.17, 15) is 0 Å². The third-order valence-electron chi connectivity index (χ3n) is 3.14. The second-order valence-corrected chi connectivity index (χ2v) is 5.13. The molecule has 0 fully saturated rings. The molecule has 0 heterocycles. The summed E-state index contributed by atoms with van der Waals surface area (Å²) in [6.07, 6.45) is 0. The van der Waals surface area contributed by atoms with Crippen molar-refractivity contribution in [1.29, 1.82) is 0 Å². The van der Waals surface area contributed by atoms with Crippen LogP contribution in [0.5, 0.6) is 17.2 Å².